The average molecular weight is 504 g/mol. The van der Waals surface area contributed by atoms with Gasteiger partial charge in [-0.2, -0.15) is 0 Å². The molecule has 4 aromatic rings. The second kappa shape index (κ2) is 7.99. The predicted octanol–water partition coefficient (Wildman–Crippen LogP) is 3.58. The molecule has 0 saturated carbocycles. The van der Waals surface area contributed by atoms with Crippen molar-refractivity contribution in [2.45, 2.75) is 20.4 Å². The van der Waals surface area contributed by atoms with Crippen molar-refractivity contribution in [3.8, 4) is 11.1 Å². The van der Waals surface area contributed by atoms with Gasteiger partial charge in [0.1, 0.15) is 11.3 Å². The van der Waals surface area contributed by atoms with Gasteiger partial charge in [-0.3, -0.25) is 14.4 Å². The van der Waals surface area contributed by atoms with Crippen LogP contribution in [0.3, 0.4) is 0 Å². The van der Waals surface area contributed by atoms with Crippen LogP contribution in [0.25, 0.3) is 22.0 Å². The summed E-state index contributed by atoms with van der Waals surface area (Å²) in [6.07, 6.45) is 4.34. The van der Waals surface area contributed by atoms with E-state index in [1.54, 1.807) is 46.3 Å². The molecule has 0 atom stereocenters. The number of nitrogens with one attached hydrogen (secondary N) is 1. The van der Waals surface area contributed by atoms with Crippen molar-refractivity contribution < 1.29 is 18.4 Å². The van der Waals surface area contributed by atoms with Crippen LogP contribution in [0, 0.1) is 11.6 Å². The molecule has 2 aliphatic rings. The molecule has 6 rings (SSSR count). The molecule has 0 aliphatic carbocycles. The van der Waals surface area contributed by atoms with Crippen LogP contribution in [-0.2, 0) is 23.2 Å². The maximum Gasteiger partial charge on any atom is 0.274 e. The van der Waals surface area contributed by atoms with Crippen molar-refractivity contribution in [3.63, 3.8) is 0 Å². The number of fused-ring (bicyclic) bond motifs is 3. The zero-order chi connectivity index (χ0) is 26.2. The highest BCUT2D eigenvalue weighted by molar-refractivity contribution is 6.09. The fourth-order valence-electron chi connectivity index (χ4n) is 5.35. The molecule has 1 N–H and O–H groups in total. The maximum absolute atomic E-state index is 15.1. The van der Waals surface area contributed by atoms with Crippen LogP contribution in [0.5, 0.6) is 0 Å². The van der Waals surface area contributed by atoms with Gasteiger partial charge in [-0.1, -0.05) is 0 Å². The molecule has 0 radical (unpaired) electrons. The number of pyridine rings is 2. The second-order valence-corrected chi connectivity index (χ2v) is 9.27. The van der Waals surface area contributed by atoms with Crippen molar-refractivity contribution in [1.29, 1.82) is 0 Å². The quantitative estimate of drug-likeness (QED) is 0.428. The molecule has 2 amide bonds. The second-order valence-electron chi connectivity index (χ2n) is 9.27. The van der Waals surface area contributed by atoms with E-state index < -0.39 is 11.6 Å². The Bertz CT molecular complexity index is 1710. The number of benzene rings is 1. The maximum atomic E-state index is 15.1. The fourth-order valence-corrected chi connectivity index (χ4v) is 5.35. The third-order valence-corrected chi connectivity index (χ3v) is 7.02. The number of carbonyl (C=O) groups excluding carboxylic acids is 2. The topological polar surface area (TPSA) is 94.5 Å². The van der Waals surface area contributed by atoms with Crippen LogP contribution in [0.1, 0.15) is 19.4 Å². The molecule has 11 heteroatoms. The third-order valence-electron chi connectivity index (χ3n) is 7.02. The van der Waals surface area contributed by atoms with Gasteiger partial charge in [0.15, 0.2) is 11.6 Å². The Balaban J connectivity index is 1.73. The normalized spacial score (nSPS) is 14.5. The highest BCUT2D eigenvalue weighted by atomic mass is 19.1. The van der Waals surface area contributed by atoms with Gasteiger partial charge in [-0.15, -0.1) is 0 Å². The van der Waals surface area contributed by atoms with Crippen molar-refractivity contribution >= 4 is 45.6 Å². The SMILES string of the molecule is CC(=O)N1CCN(C(C)=O)c2cc3c(cc21)-c1cn(C)c(=O)c2[nH]cc(c12)CN3c1ncc(F)cc1F. The molecule has 188 valence electrons. The largest absolute Gasteiger partial charge is 0.356 e. The summed E-state index contributed by atoms with van der Waals surface area (Å²) in [6.45, 7) is 3.64. The van der Waals surface area contributed by atoms with E-state index >= 15 is 4.39 Å². The number of aromatic amines is 1. The summed E-state index contributed by atoms with van der Waals surface area (Å²) < 4.78 is 30.3. The van der Waals surface area contributed by atoms with E-state index in [2.05, 4.69) is 9.97 Å². The van der Waals surface area contributed by atoms with E-state index in [0.717, 1.165) is 12.3 Å². The standard InChI is InChI=1S/C26H22F2N6O3/c1-13(35)32-4-5-33(14(2)36)22-8-20-17(7-21(22)32)18-12-31(3)26(37)24-23(18)15(9-29-24)11-34(20)25-19(28)6-16(27)10-30-25/h6-10,12,29H,4-5,11H2,1-3H3. The van der Waals surface area contributed by atoms with E-state index in [-0.39, 0.29) is 29.7 Å². The lowest BCUT2D eigenvalue weighted by Gasteiger charge is -2.37. The summed E-state index contributed by atoms with van der Waals surface area (Å²) in [7, 11) is 1.64. The van der Waals surface area contributed by atoms with Crippen molar-refractivity contribution in [3.05, 3.63) is 64.3 Å². The first-order chi connectivity index (χ1) is 17.7. The summed E-state index contributed by atoms with van der Waals surface area (Å²) in [5, 5.41) is 0.669. The minimum absolute atomic E-state index is 0.106. The van der Waals surface area contributed by atoms with E-state index in [1.165, 1.54) is 18.4 Å². The highest BCUT2D eigenvalue weighted by Gasteiger charge is 2.33. The smallest absolute Gasteiger partial charge is 0.274 e. The summed E-state index contributed by atoms with van der Waals surface area (Å²) in [5.74, 6) is -2.16. The van der Waals surface area contributed by atoms with Crippen LogP contribution in [0.4, 0.5) is 31.7 Å². The molecular formula is C26H22F2N6O3. The first-order valence-corrected chi connectivity index (χ1v) is 11.7. The Morgan fingerprint density at radius 2 is 1.65 bits per heavy atom. The molecule has 0 fully saturated rings. The van der Waals surface area contributed by atoms with E-state index in [0.29, 0.717) is 57.7 Å². The molecule has 1 aromatic carbocycles. The lowest BCUT2D eigenvalue weighted by Crippen LogP contribution is -2.45. The number of halogens is 2. The molecule has 9 nitrogen and oxygen atoms in total. The number of amides is 2. The molecule has 0 unspecified atom stereocenters. The first kappa shape index (κ1) is 22.9. The molecular weight excluding hydrogens is 482 g/mol. The van der Waals surface area contributed by atoms with Crippen LogP contribution < -0.4 is 20.3 Å². The number of hydrogen-bond donors (Lipinski definition) is 1. The zero-order valence-corrected chi connectivity index (χ0v) is 20.3. The summed E-state index contributed by atoms with van der Waals surface area (Å²) >= 11 is 0. The predicted molar refractivity (Wildman–Crippen MR) is 135 cm³/mol. The van der Waals surface area contributed by atoms with Gasteiger partial charge in [0.25, 0.3) is 5.56 Å². The van der Waals surface area contributed by atoms with Gasteiger partial charge in [-0.05, 0) is 17.7 Å². The molecule has 3 aromatic heterocycles. The molecule has 37 heavy (non-hydrogen) atoms. The average Bonchev–Trinajstić information content (AvgIpc) is 3.22. The zero-order valence-electron chi connectivity index (χ0n) is 20.3. The Morgan fingerprint density at radius 1 is 0.973 bits per heavy atom. The van der Waals surface area contributed by atoms with Gasteiger partial charge in [-0.25, -0.2) is 13.8 Å². The number of aryl methyl sites for hydroxylation is 1. The van der Waals surface area contributed by atoms with Gasteiger partial charge >= 0.3 is 0 Å². The number of nitrogens with zero attached hydrogens (tertiary/aromatic N) is 5. The first-order valence-electron chi connectivity index (χ1n) is 11.7. The minimum Gasteiger partial charge on any atom is -0.356 e. The van der Waals surface area contributed by atoms with Gasteiger partial charge in [0.05, 0.1) is 29.8 Å². The van der Waals surface area contributed by atoms with Gasteiger partial charge in [0, 0.05) is 69.0 Å². The number of aromatic nitrogens is 3. The van der Waals surface area contributed by atoms with Crippen LogP contribution in [-0.4, -0.2) is 39.4 Å². The van der Waals surface area contributed by atoms with Gasteiger partial charge < -0.3 is 24.3 Å². The van der Waals surface area contributed by atoms with E-state index in [1.807, 2.05) is 0 Å². The fraction of sp³-hybridized carbons (Fsp3) is 0.231. The summed E-state index contributed by atoms with van der Waals surface area (Å²) in [6, 6.07) is 4.29. The number of carbonyl (C=O) groups is 2. The Kier molecular flexibility index (Phi) is 4.94. The lowest BCUT2D eigenvalue weighted by atomic mass is 9.98. The minimum atomic E-state index is -0.856. The monoisotopic (exact) mass is 504 g/mol. The molecule has 0 saturated heterocycles. The van der Waals surface area contributed by atoms with E-state index in [9.17, 15) is 18.8 Å². The number of hydrogen-bond acceptors (Lipinski definition) is 5. The van der Waals surface area contributed by atoms with Crippen molar-refractivity contribution in [2.75, 3.05) is 27.8 Å². The Morgan fingerprint density at radius 3 is 2.30 bits per heavy atom. The molecule has 2 aliphatic heterocycles. The van der Waals surface area contributed by atoms with Crippen LogP contribution in [0.2, 0.25) is 0 Å². The molecule has 0 bridgehead atoms. The molecule has 5 heterocycles. The van der Waals surface area contributed by atoms with Crippen molar-refractivity contribution in [2.24, 2.45) is 7.05 Å². The summed E-state index contributed by atoms with van der Waals surface area (Å²) in [5.41, 5.74) is 3.72. The Labute approximate surface area is 209 Å². The van der Waals surface area contributed by atoms with Crippen molar-refractivity contribution in [1.82, 2.24) is 14.5 Å². The van der Waals surface area contributed by atoms with E-state index in [4.69, 9.17) is 0 Å². The van der Waals surface area contributed by atoms with Gasteiger partial charge in [0.2, 0.25) is 11.8 Å². The summed E-state index contributed by atoms with van der Waals surface area (Å²) in [4.78, 5) is 49.9. The third kappa shape index (κ3) is 3.34. The lowest BCUT2D eigenvalue weighted by molar-refractivity contribution is -0.118. The number of H-pyrrole nitrogens is 1. The molecule has 0 spiro atoms. The Hall–Kier alpha value is -4.54. The number of anilines is 4. The number of rotatable bonds is 1. The highest BCUT2D eigenvalue weighted by Crippen LogP contribution is 2.48. The van der Waals surface area contributed by atoms with Crippen LogP contribution in [0.15, 0.2) is 41.6 Å². The van der Waals surface area contributed by atoms with Crippen LogP contribution >= 0.6 is 0 Å².